The van der Waals surface area contributed by atoms with E-state index in [1.165, 1.54) is 0 Å². The molecule has 4 rings (SSSR count). The van der Waals surface area contributed by atoms with Gasteiger partial charge >= 0.3 is 5.97 Å². The fourth-order valence-corrected chi connectivity index (χ4v) is 5.69. The topological polar surface area (TPSA) is 97.8 Å². The van der Waals surface area contributed by atoms with E-state index < -0.39 is 11.9 Å². The van der Waals surface area contributed by atoms with Crippen molar-refractivity contribution in [1.82, 2.24) is 9.80 Å². The number of carbonyl (C=O) groups is 2. The highest BCUT2D eigenvalue weighted by Gasteiger charge is 2.47. The molecule has 0 saturated carbocycles. The normalized spacial score (nSPS) is 19.9. The van der Waals surface area contributed by atoms with Gasteiger partial charge in [0.05, 0.1) is 26.2 Å². The number of benzene rings is 2. The lowest BCUT2D eigenvalue weighted by molar-refractivity contribution is -0.144. The number of hydrogen-bond acceptors (Lipinski definition) is 7. The van der Waals surface area contributed by atoms with Crippen LogP contribution in [-0.2, 0) is 9.59 Å². The average molecular weight is 555 g/mol. The lowest BCUT2D eigenvalue weighted by atomic mass is 9.84. The van der Waals surface area contributed by atoms with Crippen LogP contribution in [0.15, 0.2) is 42.5 Å². The predicted molar refractivity (Wildman–Crippen MR) is 151 cm³/mol. The number of carboxylic acids is 1. The van der Waals surface area contributed by atoms with Gasteiger partial charge in [0.15, 0.2) is 23.0 Å². The van der Waals surface area contributed by atoms with Crippen LogP contribution in [0.2, 0.25) is 0 Å². The van der Waals surface area contributed by atoms with E-state index in [1.54, 1.807) is 7.11 Å². The molecule has 2 aliphatic heterocycles. The molecule has 218 valence electrons. The molecule has 0 unspecified atom stereocenters. The standard InChI is InChI=1S/C31H42N2O7/c1-4-6-15-32(16-7-5-2)29(34)20-33-19-23(22-12-13-27-28(18-22)40-21-39-27)30(31(35)36)24(33)14-17-38-26-11-9-8-10-25(26)37-3/h8-13,18,23-24,30H,4-7,14-17,19-21H2,1-3H3,(H,35,36)/t23-,24+,30-/m1/s1. The molecule has 0 aromatic heterocycles. The molecular weight excluding hydrogens is 512 g/mol. The van der Waals surface area contributed by atoms with Crippen molar-refractivity contribution in [1.29, 1.82) is 0 Å². The van der Waals surface area contributed by atoms with Crippen LogP contribution >= 0.6 is 0 Å². The Morgan fingerprint density at radius 1 is 1.02 bits per heavy atom. The largest absolute Gasteiger partial charge is 0.493 e. The van der Waals surface area contributed by atoms with Gasteiger partial charge in [-0.2, -0.15) is 0 Å². The Kier molecular flexibility index (Phi) is 10.5. The smallest absolute Gasteiger partial charge is 0.308 e. The van der Waals surface area contributed by atoms with Crippen molar-refractivity contribution >= 4 is 11.9 Å². The number of rotatable bonds is 15. The second-order valence-corrected chi connectivity index (χ2v) is 10.5. The minimum Gasteiger partial charge on any atom is -0.493 e. The summed E-state index contributed by atoms with van der Waals surface area (Å²) in [5.74, 6) is 0.653. The van der Waals surface area contributed by atoms with Crippen molar-refractivity contribution in [2.45, 2.75) is 57.9 Å². The van der Waals surface area contributed by atoms with Gasteiger partial charge in [-0.05, 0) is 49.1 Å². The number of carbonyl (C=O) groups excluding carboxylic acids is 1. The van der Waals surface area contributed by atoms with Gasteiger partial charge in [-0.15, -0.1) is 0 Å². The van der Waals surface area contributed by atoms with Crippen molar-refractivity contribution < 1.29 is 33.6 Å². The van der Waals surface area contributed by atoms with Gasteiger partial charge < -0.3 is 29.0 Å². The summed E-state index contributed by atoms with van der Waals surface area (Å²) in [4.78, 5) is 30.3. The summed E-state index contributed by atoms with van der Waals surface area (Å²) in [6, 6.07) is 12.6. The Hall–Kier alpha value is -3.46. The molecule has 0 aliphatic carbocycles. The predicted octanol–water partition coefficient (Wildman–Crippen LogP) is 4.79. The van der Waals surface area contributed by atoms with Gasteiger partial charge in [-0.25, -0.2) is 0 Å². The van der Waals surface area contributed by atoms with Gasteiger partial charge in [-0.3, -0.25) is 14.5 Å². The molecule has 1 amide bonds. The van der Waals surface area contributed by atoms with Crippen molar-refractivity contribution in [3.63, 3.8) is 0 Å². The Morgan fingerprint density at radius 3 is 2.40 bits per heavy atom. The van der Waals surface area contributed by atoms with Crippen LogP contribution in [0, 0.1) is 5.92 Å². The van der Waals surface area contributed by atoms with Gasteiger partial charge in [-0.1, -0.05) is 44.9 Å². The van der Waals surface area contributed by atoms with E-state index >= 15 is 0 Å². The summed E-state index contributed by atoms with van der Waals surface area (Å²) in [6.45, 7) is 6.76. The van der Waals surface area contributed by atoms with E-state index in [-0.39, 0.29) is 31.2 Å². The van der Waals surface area contributed by atoms with Crippen molar-refractivity contribution in [2.75, 3.05) is 46.7 Å². The SMILES string of the molecule is CCCCN(CCCC)C(=O)CN1C[C@H](c2ccc3c(c2)OCO3)[C@@H](C(=O)O)[C@@H]1CCOc1ccccc1OC. The molecule has 0 spiro atoms. The van der Waals surface area contributed by atoms with Crippen LogP contribution in [0.25, 0.3) is 0 Å². The molecule has 2 aliphatic rings. The number of likely N-dealkylation sites (tertiary alicyclic amines) is 1. The molecule has 0 radical (unpaired) electrons. The van der Waals surface area contributed by atoms with E-state index in [0.29, 0.717) is 42.6 Å². The zero-order valence-corrected chi connectivity index (χ0v) is 23.8. The molecule has 2 aromatic carbocycles. The van der Waals surface area contributed by atoms with Crippen LogP contribution in [0.3, 0.4) is 0 Å². The quantitative estimate of drug-likeness (QED) is 0.336. The molecule has 1 fully saturated rings. The van der Waals surface area contributed by atoms with Gasteiger partial charge in [0.25, 0.3) is 0 Å². The van der Waals surface area contributed by atoms with E-state index in [1.807, 2.05) is 52.3 Å². The molecule has 1 saturated heterocycles. The monoisotopic (exact) mass is 554 g/mol. The summed E-state index contributed by atoms with van der Waals surface area (Å²) >= 11 is 0. The number of ether oxygens (including phenoxy) is 4. The number of para-hydroxylation sites is 2. The third-order valence-electron chi connectivity index (χ3n) is 7.85. The molecule has 2 aromatic rings. The Morgan fingerprint density at radius 2 is 1.73 bits per heavy atom. The fourth-order valence-electron chi connectivity index (χ4n) is 5.69. The van der Waals surface area contributed by atoms with Gasteiger partial charge in [0.1, 0.15) is 0 Å². The van der Waals surface area contributed by atoms with E-state index in [2.05, 4.69) is 13.8 Å². The summed E-state index contributed by atoms with van der Waals surface area (Å²) in [5.41, 5.74) is 0.871. The molecule has 9 heteroatoms. The highest BCUT2D eigenvalue weighted by molar-refractivity contribution is 5.79. The second-order valence-electron chi connectivity index (χ2n) is 10.5. The number of carboxylic acid groups (broad SMARTS) is 1. The van der Waals surface area contributed by atoms with Gasteiger partial charge in [0.2, 0.25) is 12.7 Å². The number of methoxy groups -OCH3 is 1. The third-order valence-corrected chi connectivity index (χ3v) is 7.85. The Balaban J connectivity index is 1.57. The van der Waals surface area contributed by atoms with E-state index in [0.717, 1.165) is 44.3 Å². The average Bonchev–Trinajstić information content (AvgIpc) is 3.57. The molecule has 40 heavy (non-hydrogen) atoms. The van der Waals surface area contributed by atoms with E-state index in [4.69, 9.17) is 18.9 Å². The van der Waals surface area contributed by atoms with Crippen LogP contribution in [0.5, 0.6) is 23.0 Å². The van der Waals surface area contributed by atoms with Crippen LogP contribution in [0.1, 0.15) is 57.4 Å². The molecule has 0 bridgehead atoms. The summed E-state index contributed by atoms with van der Waals surface area (Å²) < 4.78 is 22.5. The number of amides is 1. The van der Waals surface area contributed by atoms with Crippen LogP contribution < -0.4 is 18.9 Å². The first kappa shape index (κ1) is 29.5. The summed E-state index contributed by atoms with van der Waals surface area (Å²) in [7, 11) is 1.59. The first-order chi connectivity index (χ1) is 19.5. The maximum Gasteiger partial charge on any atom is 0.308 e. The number of fused-ring (bicyclic) bond motifs is 1. The van der Waals surface area contributed by atoms with Crippen molar-refractivity contribution in [2.24, 2.45) is 5.92 Å². The maximum absolute atomic E-state index is 13.6. The first-order valence-corrected chi connectivity index (χ1v) is 14.4. The molecule has 1 N–H and O–H groups in total. The number of nitrogens with zero attached hydrogens (tertiary/aromatic N) is 2. The second kappa shape index (κ2) is 14.3. The highest BCUT2D eigenvalue weighted by Crippen LogP contribution is 2.43. The Labute approximate surface area is 237 Å². The third kappa shape index (κ3) is 6.99. The lowest BCUT2D eigenvalue weighted by Crippen LogP contribution is -2.45. The minimum atomic E-state index is -0.881. The molecular formula is C31H42N2O7. The van der Waals surface area contributed by atoms with Crippen LogP contribution in [0.4, 0.5) is 0 Å². The Bertz CT molecular complexity index is 1130. The van der Waals surface area contributed by atoms with Crippen LogP contribution in [-0.4, -0.2) is 79.5 Å². The number of hydrogen-bond donors (Lipinski definition) is 1. The van der Waals surface area contributed by atoms with Gasteiger partial charge in [0, 0.05) is 31.6 Å². The first-order valence-electron chi connectivity index (χ1n) is 14.4. The molecule has 3 atom stereocenters. The summed E-state index contributed by atoms with van der Waals surface area (Å²) in [5, 5.41) is 10.5. The van der Waals surface area contributed by atoms with E-state index in [9.17, 15) is 14.7 Å². The lowest BCUT2D eigenvalue weighted by Gasteiger charge is -2.29. The molecule has 9 nitrogen and oxygen atoms in total. The zero-order chi connectivity index (χ0) is 28.5. The summed E-state index contributed by atoms with van der Waals surface area (Å²) in [6.07, 6.45) is 4.37. The van der Waals surface area contributed by atoms with Crippen molar-refractivity contribution in [3.8, 4) is 23.0 Å². The minimum absolute atomic E-state index is 0.0491. The highest BCUT2D eigenvalue weighted by atomic mass is 16.7. The maximum atomic E-state index is 13.6. The molecule has 2 heterocycles. The fraction of sp³-hybridized carbons (Fsp3) is 0.548. The number of unbranched alkanes of at least 4 members (excludes halogenated alkanes) is 2. The van der Waals surface area contributed by atoms with Crippen molar-refractivity contribution in [3.05, 3.63) is 48.0 Å². The zero-order valence-electron chi connectivity index (χ0n) is 23.8. The number of aliphatic carboxylic acids is 1.